The van der Waals surface area contributed by atoms with Crippen molar-refractivity contribution in [3.63, 3.8) is 0 Å². The van der Waals surface area contributed by atoms with E-state index in [0.29, 0.717) is 12.0 Å². The van der Waals surface area contributed by atoms with Crippen LogP contribution in [0.4, 0.5) is 5.82 Å². The number of hydrogen-bond donors (Lipinski definition) is 0. The van der Waals surface area contributed by atoms with E-state index in [1.54, 1.807) is 0 Å². The summed E-state index contributed by atoms with van der Waals surface area (Å²) >= 11 is 3.48. The van der Waals surface area contributed by atoms with Crippen molar-refractivity contribution >= 4 is 21.7 Å². The summed E-state index contributed by atoms with van der Waals surface area (Å²) in [6.07, 6.45) is 2.56. The van der Waals surface area contributed by atoms with E-state index in [2.05, 4.69) is 51.6 Å². The molecule has 1 aliphatic rings. The van der Waals surface area contributed by atoms with E-state index < -0.39 is 0 Å². The van der Waals surface area contributed by atoms with Crippen LogP contribution in [0.15, 0.2) is 10.7 Å². The van der Waals surface area contributed by atoms with E-state index >= 15 is 0 Å². The van der Waals surface area contributed by atoms with Crippen molar-refractivity contribution in [3.8, 4) is 0 Å². The van der Waals surface area contributed by atoms with Crippen molar-refractivity contribution in [3.05, 3.63) is 16.5 Å². The molecule has 0 aromatic carbocycles. The van der Waals surface area contributed by atoms with E-state index in [1.165, 1.54) is 0 Å². The van der Waals surface area contributed by atoms with Crippen molar-refractivity contribution in [2.75, 3.05) is 24.6 Å². The number of nitrogens with zero attached hydrogens (tertiary/aromatic N) is 3. The summed E-state index contributed by atoms with van der Waals surface area (Å²) in [5, 5.41) is 0. The Morgan fingerprint density at radius 2 is 2.05 bits per heavy atom. The second-order valence-corrected chi connectivity index (χ2v) is 6.02. The summed E-state index contributed by atoms with van der Waals surface area (Å²) in [6.45, 7) is 9.11. The molecule has 5 heteroatoms. The average molecular weight is 328 g/mol. The third-order valence-corrected chi connectivity index (χ3v) is 3.79. The van der Waals surface area contributed by atoms with Gasteiger partial charge in [-0.05, 0) is 35.7 Å². The quantitative estimate of drug-likeness (QED) is 0.795. The van der Waals surface area contributed by atoms with Crippen molar-refractivity contribution in [2.45, 2.75) is 45.6 Å². The predicted molar refractivity (Wildman–Crippen MR) is 80.7 cm³/mol. The molecule has 0 saturated carbocycles. The summed E-state index contributed by atoms with van der Waals surface area (Å²) in [7, 11) is 0. The Balaban J connectivity index is 2.06. The third kappa shape index (κ3) is 3.89. The topological polar surface area (TPSA) is 38.2 Å². The molecule has 0 atom stereocenters. The SMILES string of the molecule is CCOC1CCN(c2cc(Br)nc(C(C)C)n2)CC1. The fourth-order valence-electron chi connectivity index (χ4n) is 2.33. The molecule has 1 fully saturated rings. The van der Waals surface area contributed by atoms with Crippen LogP contribution in [0.3, 0.4) is 0 Å². The van der Waals surface area contributed by atoms with Crippen LogP contribution in [0.25, 0.3) is 0 Å². The van der Waals surface area contributed by atoms with Crippen LogP contribution in [0, 0.1) is 0 Å². The Kier molecular flexibility index (Phi) is 5.16. The first-order valence-electron chi connectivity index (χ1n) is 7.01. The predicted octanol–water partition coefficient (Wildman–Crippen LogP) is 3.37. The minimum atomic E-state index is 0.345. The number of halogens is 1. The maximum Gasteiger partial charge on any atom is 0.134 e. The monoisotopic (exact) mass is 327 g/mol. The van der Waals surface area contributed by atoms with E-state index in [-0.39, 0.29) is 0 Å². The molecule has 0 unspecified atom stereocenters. The van der Waals surface area contributed by atoms with Gasteiger partial charge in [0.1, 0.15) is 16.2 Å². The largest absolute Gasteiger partial charge is 0.378 e. The highest BCUT2D eigenvalue weighted by Gasteiger charge is 2.21. The molecule has 1 aromatic rings. The van der Waals surface area contributed by atoms with Crippen LogP contribution < -0.4 is 4.90 Å². The highest BCUT2D eigenvalue weighted by atomic mass is 79.9. The van der Waals surface area contributed by atoms with Crippen molar-refractivity contribution in [2.24, 2.45) is 0 Å². The summed E-state index contributed by atoms with van der Waals surface area (Å²) < 4.78 is 6.55. The summed E-state index contributed by atoms with van der Waals surface area (Å²) in [5.41, 5.74) is 0. The molecule has 0 N–H and O–H groups in total. The van der Waals surface area contributed by atoms with Gasteiger partial charge in [-0.2, -0.15) is 0 Å². The standard InChI is InChI=1S/C14H22BrN3O/c1-4-19-11-5-7-18(8-6-11)13-9-12(15)16-14(17-13)10(2)3/h9-11H,4-8H2,1-3H3. The van der Waals surface area contributed by atoms with Gasteiger partial charge in [-0.1, -0.05) is 13.8 Å². The number of ether oxygens (including phenoxy) is 1. The van der Waals surface area contributed by atoms with Crippen LogP contribution in [0.5, 0.6) is 0 Å². The van der Waals surface area contributed by atoms with Gasteiger partial charge in [0, 0.05) is 31.7 Å². The molecule has 4 nitrogen and oxygen atoms in total. The first-order chi connectivity index (χ1) is 9.10. The van der Waals surface area contributed by atoms with Gasteiger partial charge in [-0.25, -0.2) is 9.97 Å². The van der Waals surface area contributed by atoms with Crippen molar-refractivity contribution < 1.29 is 4.74 Å². The highest BCUT2D eigenvalue weighted by Crippen LogP contribution is 2.24. The van der Waals surface area contributed by atoms with Gasteiger partial charge in [0.15, 0.2) is 0 Å². The number of aromatic nitrogens is 2. The lowest BCUT2D eigenvalue weighted by Gasteiger charge is -2.32. The highest BCUT2D eigenvalue weighted by molar-refractivity contribution is 9.10. The molecule has 0 aliphatic carbocycles. The van der Waals surface area contributed by atoms with Crippen LogP contribution in [-0.2, 0) is 4.74 Å². The molecular weight excluding hydrogens is 306 g/mol. The van der Waals surface area contributed by atoms with Crippen molar-refractivity contribution in [1.29, 1.82) is 0 Å². The second-order valence-electron chi connectivity index (χ2n) is 5.20. The molecule has 0 spiro atoms. The van der Waals surface area contributed by atoms with E-state index in [9.17, 15) is 0 Å². The molecule has 0 bridgehead atoms. The number of hydrogen-bond acceptors (Lipinski definition) is 4. The fourth-order valence-corrected chi connectivity index (χ4v) is 2.72. The van der Waals surface area contributed by atoms with E-state index in [1.807, 2.05) is 6.07 Å². The molecule has 1 aromatic heterocycles. The first kappa shape index (κ1) is 14.7. The van der Waals surface area contributed by atoms with Gasteiger partial charge in [0.05, 0.1) is 6.10 Å². The molecule has 106 valence electrons. The molecule has 2 heterocycles. The minimum Gasteiger partial charge on any atom is -0.378 e. The Morgan fingerprint density at radius 1 is 1.37 bits per heavy atom. The van der Waals surface area contributed by atoms with E-state index in [4.69, 9.17) is 4.74 Å². The Hall–Kier alpha value is -0.680. The molecule has 1 saturated heterocycles. The Labute approximate surface area is 123 Å². The van der Waals surface area contributed by atoms with Gasteiger partial charge in [0.25, 0.3) is 0 Å². The smallest absolute Gasteiger partial charge is 0.134 e. The maximum atomic E-state index is 5.68. The Morgan fingerprint density at radius 3 is 2.63 bits per heavy atom. The van der Waals surface area contributed by atoms with Gasteiger partial charge in [0.2, 0.25) is 0 Å². The summed E-state index contributed by atoms with van der Waals surface area (Å²) in [6, 6.07) is 2.01. The maximum absolute atomic E-state index is 5.68. The average Bonchev–Trinajstić information content (AvgIpc) is 2.39. The lowest BCUT2D eigenvalue weighted by molar-refractivity contribution is 0.0458. The summed E-state index contributed by atoms with van der Waals surface area (Å²) in [5.74, 6) is 2.27. The lowest BCUT2D eigenvalue weighted by atomic mass is 10.1. The van der Waals surface area contributed by atoms with Crippen molar-refractivity contribution in [1.82, 2.24) is 9.97 Å². The van der Waals surface area contributed by atoms with E-state index in [0.717, 1.165) is 48.8 Å². The van der Waals surface area contributed by atoms with Gasteiger partial charge in [-0.15, -0.1) is 0 Å². The minimum absolute atomic E-state index is 0.345. The van der Waals surface area contributed by atoms with Crippen LogP contribution >= 0.6 is 15.9 Å². The normalized spacial score (nSPS) is 17.2. The molecule has 2 rings (SSSR count). The Bertz CT molecular complexity index is 417. The molecule has 19 heavy (non-hydrogen) atoms. The molecule has 0 amide bonds. The number of piperidine rings is 1. The van der Waals surface area contributed by atoms with Gasteiger partial charge in [-0.3, -0.25) is 0 Å². The molecular formula is C14H22BrN3O. The molecule has 1 aliphatic heterocycles. The zero-order valence-electron chi connectivity index (χ0n) is 11.9. The number of anilines is 1. The van der Waals surface area contributed by atoms with Crippen LogP contribution in [-0.4, -0.2) is 35.8 Å². The zero-order valence-corrected chi connectivity index (χ0v) is 13.5. The lowest BCUT2D eigenvalue weighted by Crippen LogP contribution is -2.37. The van der Waals surface area contributed by atoms with Gasteiger partial charge >= 0.3 is 0 Å². The van der Waals surface area contributed by atoms with Crippen LogP contribution in [0.1, 0.15) is 45.4 Å². The molecule has 0 radical (unpaired) electrons. The first-order valence-corrected chi connectivity index (χ1v) is 7.80. The fraction of sp³-hybridized carbons (Fsp3) is 0.714. The zero-order chi connectivity index (χ0) is 13.8. The third-order valence-electron chi connectivity index (χ3n) is 3.38. The summed E-state index contributed by atoms with van der Waals surface area (Å²) in [4.78, 5) is 11.4. The van der Waals surface area contributed by atoms with Gasteiger partial charge < -0.3 is 9.64 Å². The number of rotatable bonds is 4. The van der Waals surface area contributed by atoms with Crippen LogP contribution in [0.2, 0.25) is 0 Å². The second kappa shape index (κ2) is 6.66.